The van der Waals surface area contributed by atoms with Crippen LogP contribution < -0.4 is 5.32 Å². The van der Waals surface area contributed by atoms with Crippen LogP contribution in [0.3, 0.4) is 0 Å². The fraction of sp³-hybridized carbons (Fsp3) is 0.311. The van der Waals surface area contributed by atoms with Crippen molar-refractivity contribution in [2.24, 2.45) is 5.11 Å². The zero-order valence-electron chi connectivity index (χ0n) is 32.1. The summed E-state index contributed by atoms with van der Waals surface area (Å²) in [5.74, 6) is 0. The minimum Gasteiger partial charge on any atom is -0.445 e. The molecule has 0 heterocycles. The van der Waals surface area contributed by atoms with Crippen LogP contribution in [0.4, 0.5) is 4.79 Å². The summed E-state index contributed by atoms with van der Waals surface area (Å²) in [6.07, 6.45) is -4.04. The van der Waals surface area contributed by atoms with E-state index in [1.807, 2.05) is 152 Å². The number of alkyl halides is 3. The second-order valence-electron chi connectivity index (χ2n) is 14.0. The third-order valence-electron chi connectivity index (χ3n) is 9.77. The van der Waals surface area contributed by atoms with Crippen LogP contribution in [0, 0.1) is 0 Å². The zero-order chi connectivity index (χ0) is 41.3. The van der Waals surface area contributed by atoms with Gasteiger partial charge in [-0.1, -0.05) is 192 Å². The van der Waals surface area contributed by atoms with E-state index in [0.29, 0.717) is 0 Å². The predicted molar refractivity (Wildman–Crippen MR) is 227 cm³/mol. The smallest absolute Gasteiger partial charge is 0.407 e. The monoisotopic (exact) mass is 858 g/mol. The molecule has 14 heteroatoms. The Bertz CT molecular complexity index is 2050. The number of nitrogens with one attached hydrogen (secondary N) is 1. The highest BCUT2D eigenvalue weighted by Gasteiger charge is 2.63. The minimum absolute atomic E-state index is 0.0338. The second-order valence-corrected chi connectivity index (χ2v) is 16.5. The fourth-order valence-electron chi connectivity index (χ4n) is 7.00. The van der Waals surface area contributed by atoms with Crippen molar-refractivity contribution in [2.45, 2.75) is 72.8 Å². The molecule has 0 bridgehead atoms. The van der Waals surface area contributed by atoms with E-state index in [1.165, 1.54) is 0 Å². The molecule has 0 radical (unpaired) electrons. The number of azide groups is 1. The Hall–Kier alpha value is -4.65. The normalized spacial score (nSPS) is 21.6. The number of hydrogen-bond acceptors (Lipinski definition) is 8. The Labute approximate surface area is 359 Å². The highest BCUT2D eigenvalue weighted by atomic mass is 35.6. The van der Waals surface area contributed by atoms with E-state index < -0.39 is 52.5 Å². The summed E-state index contributed by atoms with van der Waals surface area (Å²) < 4.78 is 37.9. The van der Waals surface area contributed by atoms with Gasteiger partial charge in [-0.25, -0.2) is 4.79 Å². The van der Waals surface area contributed by atoms with Gasteiger partial charge in [-0.3, -0.25) is 0 Å². The van der Waals surface area contributed by atoms with E-state index in [9.17, 15) is 10.3 Å². The lowest BCUT2D eigenvalue weighted by molar-refractivity contribution is -0.279. The molecule has 5 aromatic carbocycles. The maximum absolute atomic E-state index is 13.9. The van der Waals surface area contributed by atoms with E-state index >= 15 is 0 Å². The predicted octanol–water partition coefficient (Wildman–Crippen LogP) is 10.1. The van der Waals surface area contributed by atoms with Crippen LogP contribution >= 0.6 is 34.8 Å². The summed E-state index contributed by atoms with van der Waals surface area (Å²) in [5, 5.41) is 7.26. The average molecular weight is 860 g/mol. The Morgan fingerprint density at radius 3 is 1.51 bits per heavy atom. The van der Waals surface area contributed by atoms with Crippen LogP contribution in [0.5, 0.6) is 0 Å². The van der Waals surface area contributed by atoms with Gasteiger partial charge in [0.15, 0.2) is 0 Å². The van der Waals surface area contributed by atoms with Crippen LogP contribution in [0.25, 0.3) is 10.4 Å². The number of hydrogen-bond donors (Lipinski definition) is 1. The molecular formula is C45H45Cl3N4O7. The van der Waals surface area contributed by atoms with Gasteiger partial charge in [0.2, 0.25) is 3.79 Å². The minimum atomic E-state index is -1.91. The number of carbonyl (C=O) groups is 1. The van der Waals surface area contributed by atoms with E-state index in [4.69, 9.17) is 63.2 Å². The highest BCUT2D eigenvalue weighted by Crippen LogP contribution is 2.42. The Morgan fingerprint density at radius 2 is 1.05 bits per heavy atom. The first-order valence-electron chi connectivity index (χ1n) is 19.0. The average Bonchev–Trinajstić information content (AvgIpc) is 3.26. The third-order valence-corrected chi connectivity index (χ3v) is 10.1. The van der Waals surface area contributed by atoms with Gasteiger partial charge in [0.05, 0.1) is 57.8 Å². The Balaban J connectivity index is 1.52. The van der Waals surface area contributed by atoms with Gasteiger partial charge in [-0.05, 0) is 33.3 Å². The number of halogens is 3. The molecule has 0 spiro atoms. The molecule has 11 nitrogen and oxygen atoms in total. The van der Waals surface area contributed by atoms with Gasteiger partial charge >= 0.3 is 6.09 Å². The van der Waals surface area contributed by atoms with Crippen molar-refractivity contribution in [3.05, 3.63) is 190 Å². The first-order valence-corrected chi connectivity index (χ1v) is 20.2. The number of carbonyl (C=O) groups excluding carboxylic acids is 1. The maximum atomic E-state index is 13.9. The van der Waals surface area contributed by atoms with E-state index in [1.54, 1.807) is 0 Å². The lowest BCUT2D eigenvalue weighted by Crippen LogP contribution is -2.77. The van der Waals surface area contributed by atoms with Gasteiger partial charge < -0.3 is 33.7 Å². The summed E-state index contributed by atoms with van der Waals surface area (Å²) in [5.41, 5.74) is 12.9. The molecule has 1 fully saturated rings. The van der Waals surface area contributed by atoms with E-state index in [0.717, 1.165) is 27.8 Å². The number of nitrogens with zero attached hydrogens (tertiary/aromatic N) is 3. The molecule has 1 aliphatic carbocycles. The number of rotatable bonds is 19. The summed E-state index contributed by atoms with van der Waals surface area (Å²) in [6.45, 7) is -0.212. The van der Waals surface area contributed by atoms with Gasteiger partial charge in [0.1, 0.15) is 24.4 Å². The van der Waals surface area contributed by atoms with Gasteiger partial charge in [0, 0.05) is 4.91 Å². The topological polar surface area (TPSA) is 133 Å². The number of alkyl carbamates (subject to hydrolysis) is 1. The molecule has 0 aliphatic heterocycles. The quantitative estimate of drug-likeness (QED) is 0.0378. The molecule has 5 aromatic rings. The van der Waals surface area contributed by atoms with Gasteiger partial charge in [-0.15, -0.1) is 0 Å². The number of ether oxygens (including phenoxy) is 6. The molecule has 0 aromatic heterocycles. The Morgan fingerprint density at radius 1 is 0.627 bits per heavy atom. The summed E-state index contributed by atoms with van der Waals surface area (Å²) >= 11 is 18.0. The number of benzene rings is 5. The SMILES string of the molecule is [N-]=[N+]=N[C@H]1[C@H](OCc2ccccc2)[C@@H](OCc2ccccc2)[C@H](OCc2ccccc2)[C@](COCc2ccccc2)(OCc2ccccc2)[C@@H]1NC(=O)OCC(Cl)(Cl)Cl. The van der Waals surface area contributed by atoms with Crippen molar-refractivity contribution >= 4 is 40.9 Å². The first-order chi connectivity index (χ1) is 28.7. The van der Waals surface area contributed by atoms with Crippen LogP contribution in [0.2, 0.25) is 0 Å². The van der Waals surface area contributed by atoms with Gasteiger partial charge in [0.25, 0.3) is 0 Å². The summed E-state index contributed by atoms with van der Waals surface area (Å²) in [4.78, 5) is 17.2. The van der Waals surface area contributed by atoms with E-state index in [-0.39, 0.29) is 39.6 Å². The van der Waals surface area contributed by atoms with Crippen molar-refractivity contribution in [2.75, 3.05) is 13.2 Å². The van der Waals surface area contributed by atoms with Crippen LogP contribution in [-0.2, 0) is 61.5 Å². The van der Waals surface area contributed by atoms with Crippen molar-refractivity contribution in [3.63, 3.8) is 0 Å². The van der Waals surface area contributed by atoms with Crippen LogP contribution in [-0.4, -0.2) is 59.1 Å². The molecule has 308 valence electrons. The van der Waals surface area contributed by atoms with Crippen LogP contribution in [0.1, 0.15) is 27.8 Å². The molecule has 6 atom stereocenters. The van der Waals surface area contributed by atoms with Crippen molar-refractivity contribution in [3.8, 4) is 0 Å². The molecule has 1 N–H and O–H groups in total. The molecule has 0 unspecified atom stereocenters. The van der Waals surface area contributed by atoms with Crippen molar-refractivity contribution < 1.29 is 33.2 Å². The molecule has 1 saturated carbocycles. The van der Waals surface area contributed by atoms with E-state index in [2.05, 4.69) is 15.3 Å². The highest BCUT2D eigenvalue weighted by molar-refractivity contribution is 6.67. The summed E-state index contributed by atoms with van der Waals surface area (Å²) in [6, 6.07) is 45.5. The number of amides is 1. The molecule has 1 aliphatic rings. The first kappa shape index (κ1) is 43.9. The Kier molecular flexibility index (Phi) is 16.4. The molecular weight excluding hydrogens is 815 g/mol. The largest absolute Gasteiger partial charge is 0.445 e. The lowest BCUT2D eigenvalue weighted by atomic mass is 9.71. The van der Waals surface area contributed by atoms with Crippen molar-refractivity contribution in [1.29, 1.82) is 0 Å². The molecule has 6 rings (SSSR count). The second kappa shape index (κ2) is 22.1. The summed E-state index contributed by atoms with van der Waals surface area (Å²) in [7, 11) is 0. The third kappa shape index (κ3) is 12.9. The standard InChI is InChI=1S/C45H45Cl3N4O7/c46-45(47,48)32-58-43(53)50-41-38(51-52-49)39(55-27-34-18-8-2-9-19-34)40(56-28-35-20-10-3-11-21-35)42(57-29-36-22-12-4-13-23-36)44(41,59-30-37-24-14-5-15-25-37)31-54-26-33-16-6-1-7-17-33/h1-25,38-42H,26-32H2,(H,50,53)/t38-,39-,40+,41+,42-,44+/m0/s1. The lowest BCUT2D eigenvalue weighted by Gasteiger charge is -2.55. The maximum Gasteiger partial charge on any atom is 0.407 e. The van der Waals surface area contributed by atoms with Crippen LogP contribution in [0.15, 0.2) is 157 Å². The zero-order valence-corrected chi connectivity index (χ0v) is 34.4. The fourth-order valence-corrected chi connectivity index (χ4v) is 7.16. The molecule has 0 saturated heterocycles. The van der Waals surface area contributed by atoms with Crippen molar-refractivity contribution in [1.82, 2.24) is 5.32 Å². The van der Waals surface area contributed by atoms with Gasteiger partial charge in [-0.2, -0.15) is 0 Å². The molecule has 59 heavy (non-hydrogen) atoms. The molecule has 1 amide bonds.